The molecule has 3 aliphatic rings. The van der Waals surface area contributed by atoms with Crippen LogP contribution in [0.3, 0.4) is 0 Å². The quantitative estimate of drug-likeness (QED) is 0.694. The van der Waals surface area contributed by atoms with Crippen molar-refractivity contribution in [2.75, 3.05) is 0 Å². The minimum Gasteiger partial charge on any atom is -0.507 e. The van der Waals surface area contributed by atoms with Gasteiger partial charge in [-0.3, -0.25) is 24.0 Å². The van der Waals surface area contributed by atoms with Crippen LogP contribution in [0.2, 0.25) is 0 Å². The van der Waals surface area contributed by atoms with Gasteiger partial charge in [-0.05, 0) is 55.7 Å². The van der Waals surface area contributed by atoms with E-state index in [1.165, 1.54) is 13.0 Å². The van der Waals surface area contributed by atoms with Gasteiger partial charge in [0.1, 0.15) is 23.3 Å². The molecule has 2 saturated carbocycles. The highest BCUT2D eigenvalue weighted by molar-refractivity contribution is 6.28. The molecule has 5 atom stereocenters. The van der Waals surface area contributed by atoms with Crippen molar-refractivity contribution in [2.45, 2.75) is 33.1 Å². The molecular formula is C25H22N2O6. The molecule has 1 aromatic heterocycles. The van der Waals surface area contributed by atoms with E-state index in [-0.39, 0.29) is 23.7 Å². The summed E-state index contributed by atoms with van der Waals surface area (Å²) in [7, 11) is 0. The second kappa shape index (κ2) is 7.50. The van der Waals surface area contributed by atoms with Crippen molar-refractivity contribution < 1.29 is 29.1 Å². The van der Waals surface area contributed by atoms with E-state index in [4.69, 9.17) is 0 Å². The normalized spacial score (nSPS) is 28.7. The smallest absolute Gasteiger partial charge is 0.177 e. The van der Waals surface area contributed by atoms with Gasteiger partial charge in [0, 0.05) is 24.4 Å². The first-order valence-corrected chi connectivity index (χ1v) is 11.0. The van der Waals surface area contributed by atoms with Crippen LogP contribution in [-0.4, -0.2) is 44.0 Å². The van der Waals surface area contributed by atoms with E-state index >= 15 is 0 Å². The lowest BCUT2D eigenvalue weighted by molar-refractivity contribution is -0.152. The van der Waals surface area contributed by atoms with E-state index in [9.17, 15) is 29.1 Å². The summed E-state index contributed by atoms with van der Waals surface area (Å²) in [5, 5.41) is 10.5. The molecule has 1 heterocycles. The predicted molar refractivity (Wildman–Crippen MR) is 114 cm³/mol. The Bertz CT molecular complexity index is 1250. The highest BCUT2D eigenvalue weighted by Gasteiger charge is 2.57. The molecule has 3 aliphatic carbocycles. The maximum Gasteiger partial charge on any atom is 0.177 e. The number of aromatic nitrogens is 2. The van der Waals surface area contributed by atoms with E-state index in [2.05, 4.69) is 9.97 Å². The summed E-state index contributed by atoms with van der Waals surface area (Å²) in [5.41, 5.74) is 2.10. The van der Waals surface area contributed by atoms with Crippen LogP contribution in [0.5, 0.6) is 5.75 Å². The molecule has 0 radical (unpaired) electrons. The number of hydrogen-bond acceptors (Lipinski definition) is 8. The van der Waals surface area contributed by atoms with Crippen LogP contribution in [0, 0.1) is 36.5 Å². The summed E-state index contributed by atoms with van der Waals surface area (Å²) in [6, 6.07) is 3.12. The van der Waals surface area contributed by atoms with E-state index in [0.29, 0.717) is 35.4 Å². The summed E-state index contributed by atoms with van der Waals surface area (Å²) in [4.78, 5) is 72.7. The van der Waals surface area contributed by atoms with Crippen molar-refractivity contribution in [1.29, 1.82) is 0 Å². The van der Waals surface area contributed by atoms with Crippen LogP contribution in [0.1, 0.15) is 41.5 Å². The van der Waals surface area contributed by atoms with Gasteiger partial charge < -0.3 is 5.11 Å². The summed E-state index contributed by atoms with van der Waals surface area (Å²) >= 11 is 0. The summed E-state index contributed by atoms with van der Waals surface area (Å²) < 4.78 is 0. The molecule has 8 nitrogen and oxygen atoms in total. The topological polar surface area (TPSA) is 131 Å². The standard InChI is InChI=1S/C25H22N2O6/c1-10(28)19-18(30)7-13-5-12-6-16-15(14-8-26-11(2)27-9-14)3-4-17(29)22(16)25(33)20(12)24(32)21(13)23(19)31/h3-4,8-9,12-13,19-21,29H,5-7H2,1-2H3/t12-,13+,19?,20?,21?/m1/s1. The van der Waals surface area contributed by atoms with Crippen LogP contribution in [0.4, 0.5) is 0 Å². The van der Waals surface area contributed by atoms with E-state index in [0.717, 1.165) is 0 Å². The monoisotopic (exact) mass is 446 g/mol. The molecule has 2 fully saturated rings. The maximum atomic E-state index is 13.5. The number of rotatable bonds is 2. The average Bonchev–Trinajstić information content (AvgIpc) is 2.74. The number of phenolic OH excluding ortho intramolecular Hbond substituents is 1. The molecule has 0 bridgehead atoms. The number of phenols is 1. The molecule has 0 saturated heterocycles. The molecule has 1 aromatic carbocycles. The van der Waals surface area contributed by atoms with Crippen molar-refractivity contribution in [1.82, 2.24) is 9.97 Å². The number of aryl methyl sites for hydroxylation is 1. The third kappa shape index (κ3) is 3.15. The lowest BCUT2D eigenvalue weighted by Crippen LogP contribution is -2.55. The summed E-state index contributed by atoms with van der Waals surface area (Å²) in [5.74, 6) is -6.86. The van der Waals surface area contributed by atoms with Crippen molar-refractivity contribution in [3.63, 3.8) is 0 Å². The zero-order chi connectivity index (χ0) is 23.6. The van der Waals surface area contributed by atoms with E-state index in [1.807, 2.05) is 0 Å². The molecule has 5 rings (SSSR count). The van der Waals surface area contributed by atoms with Gasteiger partial charge in [0.05, 0.1) is 17.4 Å². The molecule has 2 aromatic rings. The predicted octanol–water partition coefficient (Wildman–Crippen LogP) is 2.08. The minimum atomic E-state index is -1.42. The number of benzene rings is 1. The first kappa shape index (κ1) is 21.3. The number of ketones is 5. The van der Waals surface area contributed by atoms with Gasteiger partial charge in [-0.15, -0.1) is 0 Å². The Hall–Kier alpha value is -3.55. The Labute approximate surface area is 189 Å². The zero-order valence-corrected chi connectivity index (χ0v) is 18.2. The molecule has 168 valence electrons. The van der Waals surface area contributed by atoms with Gasteiger partial charge in [0.25, 0.3) is 0 Å². The fourth-order valence-electron chi connectivity index (χ4n) is 5.92. The van der Waals surface area contributed by atoms with Gasteiger partial charge in [-0.25, -0.2) is 9.97 Å². The van der Waals surface area contributed by atoms with Gasteiger partial charge in [0.15, 0.2) is 23.1 Å². The van der Waals surface area contributed by atoms with Crippen molar-refractivity contribution in [3.05, 3.63) is 41.5 Å². The maximum absolute atomic E-state index is 13.5. The molecule has 0 spiro atoms. The Kier molecular flexibility index (Phi) is 4.84. The average molecular weight is 446 g/mol. The molecule has 1 N–H and O–H groups in total. The molecule has 0 aliphatic heterocycles. The number of fused-ring (bicyclic) bond motifs is 3. The lowest BCUT2D eigenvalue weighted by atomic mass is 9.55. The molecule has 33 heavy (non-hydrogen) atoms. The summed E-state index contributed by atoms with van der Waals surface area (Å²) in [6.07, 6.45) is 3.97. The SMILES string of the molecule is CC(=O)C1C(=O)C[C@@H]2C[C@@H]3Cc4c(-c5cnc(C)nc5)ccc(O)c4C(=O)C3C(=O)C2C1=O. The van der Waals surface area contributed by atoms with Gasteiger partial charge >= 0.3 is 0 Å². The third-order valence-electron chi connectivity index (χ3n) is 7.32. The third-order valence-corrected chi connectivity index (χ3v) is 7.32. The van der Waals surface area contributed by atoms with E-state index < -0.39 is 52.6 Å². The van der Waals surface area contributed by atoms with Crippen LogP contribution < -0.4 is 0 Å². The molecule has 3 unspecified atom stereocenters. The van der Waals surface area contributed by atoms with Crippen LogP contribution in [0.15, 0.2) is 24.5 Å². The number of Topliss-reactive ketones (excluding diaryl/α,β-unsaturated/α-hetero) is 5. The zero-order valence-electron chi connectivity index (χ0n) is 18.2. The lowest BCUT2D eigenvalue weighted by Gasteiger charge is -2.44. The van der Waals surface area contributed by atoms with Gasteiger partial charge in [-0.1, -0.05) is 6.07 Å². The Balaban J connectivity index is 1.58. The molecular weight excluding hydrogens is 424 g/mol. The van der Waals surface area contributed by atoms with Crippen molar-refractivity contribution >= 4 is 28.9 Å². The van der Waals surface area contributed by atoms with Crippen LogP contribution in [0.25, 0.3) is 11.1 Å². The first-order chi connectivity index (χ1) is 15.7. The largest absolute Gasteiger partial charge is 0.507 e. The highest BCUT2D eigenvalue weighted by atomic mass is 16.3. The van der Waals surface area contributed by atoms with E-state index in [1.54, 1.807) is 25.4 Å². The number of carbonyl (C=O) groups is 5. The number of nitrogens with zero attached hydrogens (tertiary/aromatic N) is 2. The van der Waals surface area contributed by atoms with Crippen LogP contribution in [-0.2, 0) is 25.6 Å². The van der Waals surface area contributed by atoms with Gasteiger partial charge in [-0.2, -0.15) is 0 Å². The first-order valence-electron chi connectivity index (χ1n) is 11.0. The molecule has 0 amide bonds. The minimum absolute atomic E-state index is 0.0185. The van der Waals surface area contributed by atoms with Gasteiger partial charge in [0.2, 0.25) is 0 Å². The molecule has 8 heteroatoms. The van der Waals surface area contributed by atoms with Crippen LogP contribution >= 0.6 is 0 Å². The van der Waals surface area contributed by atoms with Crippen molar-refractivity contribution in [2.24, 2.45) is 29.6 Å². The Morgan fingerprint density at radius 3 is 2.30 bits per heavy atom. The number of carbonyl (C=O) groups excluding carboxylic acids is 5. The Morgan fingerprint density at radius 2 is 1.64 bits per heavy atom. The summed E-state index contributed by atoms with van der Waals surface area (Å²) in [6.45, 7) is 2.94. The Morgan fingerprint density at radius 1 is 0.970 bits per heavy atom. The van der Waals surface area contributed by atoms with Crippen molar-refractivity contribution in [3.8, 4) is 16.9 Å². The highest BCUT2D eigenvalue weighted by Crippen LogP contribution is 2.49. The second-order valence-corrected chi connectivity index (χ2v) is 9.30. The number of aromatic hydroxyl groups is 1. The fraction of sp³-hybridized carbons (Fsp3) is 0.400. The second-order valence-electron chi connectivity index (χ2n) is 9.30. The fourth-order valence-corrected chi connectivity index (χ4v) is 5.92. The number of hydrogen-bond donors (Lipinski definition) is 1.